The number of amides is 1. The summed E-state index contributed by atoms with van der Waals surface area (Å²) in [6.07, 6.45) is 0.710. The molecule has 25 heavy (non-hydrogen) atoms. The molecule has 0 atom stereocenters. The summed E-state index contributed by atoms with van der Waals surface area (Å²) in [6.45, 7) is 3.92. The van der Waals surface area contributed by atoms with Gasteiger partial charge in [-0.1, -0.05) is 18.6 Å². The molecule has 0 bridgehead atoms. The van der Waals surface area contributed by atoms with E-state index in [1.54, 1.807) is 6.07 Å². The molecule has 0 spiro atoms. The number of benzene rings is 1. The number of carbonyl (C=O) groups is 2. The second-order valence-electron chi connectivity index (χ2n) is 5.64. The van der Waals surface area contributed by atoms with Gasteiger partial charge in [-0.2, -0.15) is 0 Å². The van der Waals surface area contributed by atoms with Crippen molar-refractivity contribution in [2.24, 2.45) is 4.99 Å². The lowest BCUT2D eigenvalue weighted by Crippen LogP contribution is -2.23. The summed E-state index contributed by atoms with van der Waals surface area (Å²) in [5.41, 5.74) is 1.29. The van der Waals surface area contributed by atoms with Crippen LogP contribution in [0.4, 0.5) is 0 Å². The van der Waals surface area contributed by atoms with Gasteiger partial charge in [-0.25, -0.2) is 4.99 Å². The number of rotatable bonds is 5. The number of nitrogens with zero attached hydrogens (tertiary/aromatic N) is 2. The highest BCUT2D eigenvalue weighted by Gasteiger charge is 2.26. The highest BCUT2D eigenvalue weighted by molar-refractivity contribution is 7.73. The first-order valence-corrected chi connectivity index (χ1v) is 8.97. The van der Waals surface area contributed by atoms with Crippen molar-refractivity contribution < 1.29 is 19.4 Å². The number of thiazole rings is 1. The number of fused-ring (bicyclic) bond motifs is 1. The average Bonchev–Trinajstić information content (AvgIpc) is 3.02. The fourth-order valence-electron chi connectivity index (χ4n) is 2.54. The van der Waals surface area contributed by atoms with E-state index in [1.807, 2.05) is 26.0 Å². The van der Waals surface area contributed by atoms with Crippen LogP contribution in [0.1, 0.15) is 23.8 Å². The van der Waals surface area contributed by atoms with Crippen LogP contribution >= 0.6 is 23.6 Å². The Morgan fingerprint density at radius 3 is 2.92 bits per heavy atom. The second-order valence-corrected chi connectivity index (χ2v) is 7.28. The monoisotopic (exact) mass is 376 g/mol. The molecule has 1 N–H and O–H groups in total. The van der Waals surface area contributed by atoms with Crippen LogP contribution in [0.5, 0.6) is 5.88 Å². The SMILES string of the molecule is CCCOC(=O)Cn1c(O)c(C2=c3cc(C)ccc3=NC2=O)sc1=S. The van der Waals surface area contributed by atoms with E-state index in [1.165, 1.54) is 4.57 Å². The van der Waals surface area contributed by atoms with E-state index in [0.29, 0.717) is 38.0 Å². The third-order valence-electron chi connectivity index (χ3n) is 3.71. The van der Waals surface area contributed by atoms with Crippen molar-refractivity contribution in [2.45, 2.75) is 26.8 Å². The largest absolute Gasteiger partial charge is 0.493 e. The highest BCUT2D eigenvalue weighted by Crippen LogP contribution is 2.32. The molecule has 0 radical (unpaired) electrons. The van der Waals surface area contributed by atoms with Gasteiger partial charge in [-0.05, 0) is 37.7 Å². The zero-order chi connectivity index (χ0) is 18.1. The zero-order valence-electron chi connectivity index (χ0n) is 13.7. The molecule has 1 aliphatic heterocycles. The summed E-state index contributed by atoms with van der Waals surface area (Å²) < 4.78 is 6.60. The van der Waals surface area contributed by atoms with Gasteiger partial charge < -0.3 is 9.84 Å². The van der Waals surface area contributed by atoms with E-state index >= 15 is 0 Å². The molecule has 0 saturated heterocycles. The molecule has 0 aliphatic carbocycles. The minimum absolute atomic E-state index is 0.194. The molecule has 1 aromatic heterocycles. The van der Waals surface area contributed by atoms with Crippen LogP contribution in [0.15, 0.2) is 23.2 Å². The molecule has 1 aliphatic rings. The summed E-state index contributed by atoms with van der Waals surface area (Å²) in [5, 5.41) is 11.8. The molecule has 1 amide bonds. The van der Waals surface area contributed by atoms with E-state index in [4.69, 9.17) is 17.0 Å². The maximum Gasteiger partial charge on any atom is 0.326 e. The molecule has 130 valence electrons. The van der Waals surface area contributed by atoms with Crippen molar-refractivity contribution in [3.05, 3.63) is 43.2 Å². The maximum absolute atomic E-state index is 12.3. The predicted molar refractivity (Wildman–Crippen MR) is 95.5 cm³/mol. The molecule has 2 heterocycles. The van der Waals surface area contributed by atoms with Crippen LogP contribution in [0.2, 0.25) is 0 Å². The first-order valence-electron chi connectivity index (χ1n) is 7.75. The molecular formula is C17H16N2O4S2. The van der Waals surface area contributed by atoms with Gasteiger partial charge in [0, 0.05) is 5.22 Å². The van der Waals surface area contributed by atoms with Crippen LogP contribution in [0.25, 0.3) is 5.57 Å². The number of aromatic nitrogens is 1. The molecule has 0 saturated carbocycles. The van der Waals surface area contributed by atoms with E-state index in [9.17, 15) is 14.7 Å². The molecule has 1 aromatic carbocycles. The van der Waals surface area contributed by atoms with Crippen molar-refractivity contribution in [3.8, 4) is 5.88 Å². The van der Waals surface area contributed by atoms with Crippen LogP contribution in [-0.4, -0.2) is 28.2 Å². The number of aryl methyl sites for hydroxylation is 1. The average molecular weight is 376 g/mol. The molecular weight excluding hydrogens is 360 g/mol. The van der Waals surface area contributed by atoms with Crippen molar-refractivity contribution in [3.63, 3.8) is 0 Å². The lowest BCUT2D eigenvalue weighted by atomic mass is 10.1. The smallest absolute Gasteiger partial charge is 0.326 e. The Balaban J connectivity index is 2.09. The molecule has 6 nitrogen and oxygen atoms in total. The second kappa shape index (κ2) is 6.89. The van der Waals surface area contributed by atoms with E-state index < -0.39 is 11.9 Å². The Labute approximate surface area is 152 Å². The fourth-order valence-corrected chi connectivity index (χ4v) is 3.88. The lowest BCUT2D eigenvalue weighted by molar-refractivity contribution is -0.144. The number of esters is 1. The maximum atomic E-state index is 12.3. The first-order chi connectivity index (χ1) is 11.9. The van der Waals surface area contributed by atoms with Crippen LogP contribution < -0.4 is 10.6 Å². The van der Waals surface area contributed by atoms with E-state index in [0.717, 1.165) is 16.9 Å². The Morgan fingerprint density at radius 2 is 2.20 bits per heavy atom. The Kier molecular flexibility index (Phi) is 4.82. The van der Waals surface area contributed by atoms with Gasteiger partial charge in [-0.15, -0.1) is 11.3 Å². The van der Waals surface area contributed by atoms with Crippen molar-refractivity contribution in [1.29, 1.82) is 0 Å². The van der Waals surface area contributed by atoms with E-state index in [2.05, 4.69) is 4.99 Å². The van der Waals surface area contributed by atoms with Gasteiger partial charge in [0.2, 0.25) is 5.88 Å². The summed E-state index contributed by atoms with van der Waals surface area (Å²) >= 11 is 6.33. The van der Waals surface area contributed by atoms with Gasteiger partial charge in [0.25, 0.3) is 5.91 Å². The van der Waals surface area contributed by atoms with Crippen LogP contribution in [-0.2, 0) is 20.9 Å². The number of hydrogen-bond donors (Lipinski definition) is 1. The summed E-state index contributed by atoms with van der Waals surface area (Å²) in [5.74, 6) is -1.12. The zero-order valence-corrected chi connectivity index (χ0v) is 15.4. The summed E-state index contributed by atoms with van der Waals surface area (Å²) in [4.78, 5) is 28.5. The van der Waals surface area contributed by atoms with Crippen molar-refractivity contribution in [2.75, 3.05) is 6.61 Å². The number of aromatic hydroxyl groups is 1. The minimum Gasteiger partial charge on any atom is -0.493 e. The van der Waals surface area contributed by atoms with Crippen molar-refractivity contribution >= 4 is 41.0 Å². The molecule has 3 rings (SSSR count). The lowest BCUT2D eigenvalue weighted by Gasteiger charge is -2.06. The fraction of sp³-hybridized carbons (Fsp3) is 0.294. The third-order valence-corrected chi connectivity index (χ3v) is 5.16. The van der Waals surface area contributed by atoms with Crippen LogP contribution in [0, 0.1) is 10.9 Å². The van der Waals surface area contributed by atoms with Gasteiger partial charge in [0.05, 0.1) is 17.5 Å². The van der Waals surface area contributed by atoms with Gasteiger partial charge >= 0.3 is 5.97 Å². The van der Waals surface area contributed by atoms with Gasteiger partial charge in [-0.3, -0.25) is 14.2 Å². The Hall–Kier alpha value is -2.32. The standard InChI is InChI=1S/C17H16N2O4S2/c1-3-6-23-12(20)8-19-16(22)14(25-17(19)24)13-10-7-9(2)4-5-11(10)18-15(13)21/h4-5,7,22H,3,6,8H2,1-2H3. The van der Waals surface area contributed by atoms with E-state index in [-0.39, 0.29) is 12.4 Å². The number of hydrogen-bond acceptors (Lipinski definition) is 6. The Bertz CT molecular complexity index is 1050. The normalized spacial score (nSPS) is 12.9. The molecule has 2 aromatic rings. The molecule has 0 unspecified atom stereocenters. The summed E-state index contributed by atoms with van der Waals surface area (Å²) in [7, 11) is 0. The predicted octanol–water partition coefficient (Wildman–Crippen LogP) is 1.61. The van der Waals surface area contributed by atoms with Crippen molar-refractivity contribution in [1.82, 2.24) is 4.57 Å². The third kappa shape index (κ3) is 3.27. The van der Waals surface area contributed by atoms with Crippen LogP contribution in [0.3, 0.4) is 0 Å². The highest BCUT2D eigenvalue weighted by atomic mass is 32.1. The summed E-state index contributed by atoms with van der Waals surface area (Å²) in [6, 6.07) is 5.49. The number of carbonyl (C=O) groups excluding carboxylic acids is 2. The topological polar surface area (TPSA) is 80.9 Å². The Morgan fingerprint density at radius 1 is 1.44 bits per heavy atom. The first kappa shape index (κ1) is 17.5. The minimum atomic E-state index is -0.485. The van der Waals surface area contributed by atoms with Gasteiger partial charge in [0.15, 0.2) is 3.95 Å². The molecule has 8 heteroatoms. The van der Waals surface area contributed by atoms with Gasteiger partial charge in [0.1, 0.15) is 11.4 Å². The number of ether oxygens (including phenoxy) is 1. The molecule has 0 fully saturated rings. The quantitative estimate of drug-likeness (QED) is 0.633.